The number of anilines is 1. The van der Waals surface area contributed by atoms with Crippen molar-refractivity contribution in [2.24, 2.45) is 0 Å². The van der Waals surface area contributed by atoms with Gasteiger partial charge in [0.15, 0.2) is 0 Å². The van der Waals surface area contributed by atoms with Crippen LogP contribution in [-0.2, 0) is 0 Å². The largest absolute Gasteiger partial charge is 0.363 e. The van der Waals surface area contributed by atoms with Gasteiger partial charge in [0.2, 0.25) is 0 Å². The second kappa shape index (κ2) is 5.29. The number of benzene rings is 1. The van der Waals surface area contributed by atoms with Gasteiger partial charge in [-0.1, -0.05) is 29.8 Å². The molecule has 1 atom stereocenters. The molecule has 108 valence electrons. The van der Waals surface area contributed by atoms with Gasteiger partial charge in [-0.25, -0.2) is 4.39 Å². The van der Waals surface area contributed by atoms with Crippen LogP contribution in [0, 0.1) is 12.7 Å². The van der Waals surface area contributed by atoms with Gasteiger partial charge in [0.25, 0.3) is 5.78 Å². The van der Waals surface area contributed by atoms with E-state index in [4.69, 9.17) is 11.6 Å². The highest BCUT2D eigenvalue weighted by molar-refractivity contribution is 6.30. The summed E-state index contributed by atoms with van der Waals surface area (Å²) in [6, 6.07) is 6.38. The van der Waals surface area contributed by atoms with Gasteiger partial charge in [0, 0.05) is 11.1 Å². The molecular formula is C14H13ClFN5. The third-order valence-electron chi connectivity index (χ3n) is 3.33. The molecule has 3 rings (SSSR count). The molecule has 21 heavy (non-hydrogen) atoms. The number of nitrogens with one attached hydrogen (secondary N) is 1. The molecule has 0 radical (unpaired) electrons. The fourth-order valence-electron chi connectivity index (χ4n) is 2.18. The Bertz CT molecular complexity index is 801. The van der Waals surface area contributed by atoms with Crippen LogP contribution in [-0.4, -0.2) is 19.6 Å². The lowest BCUT2D eigenvalue weighted by Gasteiger charge is -2.18. The van der Waals surface area contributed by atoms with E-state index in [1.807, 2.05) is 13.8 Å². The highest BCUT2D eigenvalue weighted by Gasteiger charge is 2.16. The molecule has 0 aliphatic rings. The first-order chi connectivity index (χ1) is 10.1. The predicted octanol–water partition coefficient (Wildman–Crippen LogP) is 3.40. The Labute approximate surface area is 125 Å². The maximum absolute atomic E-state index is 13.9. The van der Waals surface area contributed by atoms with E-state index in [0.717, 1.165) is 5.56 Å². The first-order valence-corrected chi connectivity index (χ1v) is 6.82. The number of hydrogen-bond acceptors (Lipinski definition) is 4. The molecule has 0 amide bonds. The van der Waals surface area contributed by atoms with Crippen molar-refractivity contribution in [3.63, 3.8) is 0 Å². The molecule has 5 nitrogen and oxygen atoms in total. The van der Waals surface area contributed by atoms with Crippen LogP contribution in [0.1, 0.15) is 24.1 Å². The van der Waals surface area contributed by atoms with E-state index in [2.05, 4.69) is 20.4 Å². The fourth-order valence-corrected chi connectivity index (χ4v) is 2.34. The minimum atomic E-state index is -0.259. The Morgan fingerprint density at radius 2 is 2.10 bits per heavy atom. The highest BCUT2D eigenvalue weighted by atomic mass is 35.5. The van der Waals surface area contributed by atoms with Gasteiger partial charge in [0.1, 0.15) is 23.1 Å². The molecule has 1 aromatic carbocycles. The lowest BCUT2D eigenvalue weighted by molar-refractivity contribution is 0.599. The number of fused-ring (bicyclic) bond motifs is 1. The number of aromatic nitrogens is 4. The zero-order valence-corrected chi connectivity index (χ0v) is 12.3. The molecule has 1 unspecified atom stereocenters. The quantitative estimate of drug-likeness (QED) is 0.754. The van der Waals surface area contributed by atoms with E-state index in [1.54, 1.807) is 22.7 Å². The molecule has 2 aromatic heterocycles. The molecule has 0 saturated heterocycles. The minimum Gasteiger partial charge on any atom is -0.363 e. The summed E-state index contributed by atoms with van der Waals surface area (Å²) in [4.78, 5) is 8.16. The standard InChI is InChI=1S/C14H13ClFN5/c1-8-12(15)20-14-17-7-18-21(14)13(8)19-9(2)10-5-3-4-6-11(10)16/h3-7,9,19H,1-2H3. The summed E-state index contributed by atoms with van der Waals surface area (Å²) >= 11 is 6.10. The lowest BCUT2D eigenvalue weighted by Crippen LogP contribution is -2.14. The number of rotatable bonds is 3. The summed E-state index contributed by atoms with van der Waals surface area (Å²) in [6.07, 6.45) is 1.40. The summed E-state index contributed by atoms with van der Waals surface area (Å²) in [5.41, 5.74) is 1.30. The van der Waals surface area contributed by atoms with Gasteiger partial charge in [-0.15, -0.1) is 0 Å². The number of nitrogens with zero attached hydrogens (tertiary/aromatic N) is 4. The maximum Gasteiger partial charge on any atom is 0.255 e. The van der Waals surface area contributed by atoms with E-state index in [1.165, 1.54) is 12.4 Å². The van der Waals surface area contributed by atoms with Gasteiger partial charge in [-0.05, 0) is 19.9 Å². The molecule has 2 heterocycles. The Balaban J connectivity index is 2.04. The normalized spacial score (nSPS) is 12.6. The van der Waals surface area contributed by atoms with Crippen molar-refractivity contribution in [1.29, 1.82) is 0 Å². The Morgan fingerprint density at radius 3 is 2.86 bits per heavy atom. The second-order valence-electron chi connectivity index (χ2n) is 4.74. The third kappa shape index (κ3) is 2.42. The van der Waals surface area contributed by atoms with Crippen molar-refractivity contribution >= 4 is 23.2 Å². The predicted molar refractivity (Wildman–Crippen MR) is 79.0 cm³/mol. The number of hydrogen-bond donors (Lipinski definition) is 1. The van der Waals surface area contributed by atoms with Crippen molar-refractivity contribution in [2.75, 3.05) is 5.32 Å². The summed E-state index contributed by atoms with van der Waals surface area (Å²) in [5.74, 6) is 0.789. The van der Waals surface area contributed by atoms with Crippen molar-refractivity contribution in [1.82, 2.24) is 19.6 Å². The fraction of sp³-hybridized carbons (Fsp3) is 0.214. The van der Waals surface area contributed by atoms with Gasteiger partial charge in [-0.2, -0.15) is 19.6 Å². The van der Waals surface area contributed by atoms with Crippen molar-refractivity contribution < 1.29 is 4.39 Å². The second-order valence-corrected chi connectivity index (χ2v) is 5.09. The molecule has 0 aliphatic carbocycles. The van der Waals surface area contributed by atoms with Gasteiger partial charge >= 0.3 is 0 Å². The molecule has 7 heteroatoms. The Hall–Kier alpha value is -2.21. The van der Waals surface area contributed by atoms with Gasteiger partial charge in [-0.3, -0.25) is 0 Å². The molecule has 0 spiro atoms. The smallest absolute Gasteiger partial charge is 0.255 e. The van der Waals surface area contributed by atoms with E-state index in [9.17, 15) is 4.39 Å². The monoisotopic (exact) mass is 305 g/mol. The van der Waals surface area contributed by atoms with Crippen LogP contribution in [0.4, 0.5) is 10.2 Å². The SMILES string of the molecule is Cc1c(Cl)nc2ncnn2c1NC(C)c1ccccc1F. The highest BCUT2D eigenvalue weighted by Crippen LogP contribution is 2.27. The van der Waals surface area contributed by atoms with E-state index < -0.39 is 0 Å². The first-order valence-electron chi connectivity index (χ1n) is 6.44. The van der Waals surface area contributed by atoms with Gasteiger partial charge in [0.05, 0.1) is 6.04 Å². The van der Waals surface area contributed by atoms with Gasteiger partial charge < -0.3 is 5.32 Å². The van der Waals surface area contributed by atoms with E-state index in [0.29, 0.717) is 22.3 Å². The van der Waals surface area contributed by atoms with Crippen LogP contribution >= 0.6 is 11.6 Å². The maximum atomic E-state index is 13.9. The molecular weight excluding hydrogens is 293 g/mol. The van der Waals surface area contributed by atoms with Crippen LogP contribution in [0.5, 0.6) is 0 Å². The zero-order valence-electron chi connectivity index (χ0n) is 11.5. The molecule has 3 aromatic rings. The van der Waals surface area contributed by atoms with Crippen LogP contribution in [0.25, 0.3) is 5.78 Å². The summed E-state index contributed by atoms with van der Waals surface area (Å²) < 4.78 is 15.4. The minimum absolute atomic E-state index is 0.254. The van der Waals surface area contributed by atoms with Crippen LogP contribution < -0.4 is 5.32 Å². The zero-order chi connectivity index (χ0) is 15.0. The summed E-state index contributed by atoms with van der Waals surface area (Å²) in [5, 5.41) is 7.70. The lowest BCUT2D eigenvalue weighted by atomic mass is 10.1. The summed E-state index contributed by atoms with van der Waals surface area (Å²) in [7, 11) is 0. The molecule has 0 fully saturated rings. The van der Waals surface area contributed by atoms with E-state index in [-0.39, 0.29) is 11.9 Å². The average molecular weight is 306 g/mol. The molecule has 0 saturated carbocycles. The molecule has 1 N–H and O–H groups in total. The molecule has 0 bridgehead atoms. The van der Waals surface area contributed by atoms with Crippen LogP contribution in [0.3, 0.4) is 0 Å². The van der Waals surface area contributed by atoms with Crippen molar-refractivity contribution in [3.8, 4) is 0 Å². The topological polar surface area (TPSA) is 55.1 Å². The summed E-state index contributed by atoms with van der Waals surface area (Å²) in [6.45, 7) is 3.70. The van der Waals surface area contributed by atoms with Crippen molar-refractivity contribution in [3.05, 3.63) is 52.7 Å². The Kier molecular flexibility index (Phi) is 3.47. The van der Waals surface area contributed by atoms with Crippen LogP contribution in [0.15, 0.2) is 30.6 Å². The van der Waals surface area contributed by atoms with E-state index >= 15 is 0 Å². The molecule has 0 aliphatic heterocycles. The number of halogens is 2. The van der Waals surface area contributed by atoms with Crippen LogP contribution in [0.2, 0.25) is 5.15 Å². The Morgan fingerprint density at radius 1 is 1.33 bits per heavy atom. The van der Waals surface area contributed by atoms with Crippen molar-refractivity contribution in [2.45, 2.75) is 19.9 Å². The first kappa shape index (κ1) is 13.8. The average Bonchev–Trinajstić information content (AvgIpc) is 2.92. The third-order valence-corrected chi connectivity index (χ3v) is 3.70.